The fourth-order valence-corrected chi connectivity index (χ4v) is 4.26. The van der Waals surface area contributed by atoms with E-state index in [-0.39, 0.29) is 23.5 Å². The molecule has 19 heavy (non-hydrogen) atoms. The van der Waals surface area contributed by atoms with Crippen LogP contribution in [0.25, 0.3) is 0 Å². The maximum Gasteiger partial charge on any atom is 0.251 e. The first-order valence-electron chi connectivity index (χ1n) is 5.85. The van der Waals surface area contributed by atoms with E-state index in [0.29, 0.717) is 23.2 Å². The summed E-state index contributed by atoms with van der Waals surface area (Å²) in [6.45, 7) is 1.77. The number of carbonyl (C=O) groups is 1. The summed E-state index contributed by atoms with van der Waals surface area (Å²) in [7, 11) is -3.00. The van der Waals surface area contributed by atoms with Crippen molar-refractivity contribution in [1.82, 2.24) is 5.32 Å². The summed E-state index contributed by atoms with van der Waals surface area (Å²) in [5, 5.41) is 2.75. The van der Waals surface area contributed by atoms with Gasteiger partial charge in [-0.05, 0) is 31.0 Å². The Balaban J connectivity index is 2.17. The molecule has 0 aliphatic carbocycles. The van der Waals surface area contributed by atoms with Crippen molar-refractivity contribution in [3.05, 3.63) is 27.7 Å². The van der Waals surface area contributed by atoms with Gasteiger partial charge in [0.05, 0.1) is 11.5 Å². The number of carbonyl (C=O) groups excluding carboxylic acids is 1. The van der Waals surface area contributed by atoms with Crippen molar-refractivity contribution in [3.63, 3.8) is 0 Å². The molecule has 7 heteroatoms. The van der Waals surface area contributed by atoms with Gasteiger partial charge in [0.2, 0.25) is 0 Å². The molecule has 104 valence electrons. The molecule has 5 nitrogen and oxygen atoms in total. The first-order chi connectivity index (χ1) is 8.78. The fourth-order valence-electron chi connectivity index (χ4n) is 2.11. The van der Waals surface area contributed by atoms with Crippen molar-refractivity contribution in [2.75, 3.05) is 17.2 Å². The number of nitrogens with one attached hydrogen (secondary N) is 1. The predicted molar refractivity (Wildman–Crippen MR) is 77.8 cm³/mol. The summed E-state index contributed by atoms with van der Waals surface area (Å²) in [6.07, 6.45) is 0.469. The summed E-state index contributed by atoms with van der Waals surface area (Å²) in [5.74, 6) is -0.133. The summed E-state index contributed by atoms with van der Waals surface area (Å²) in [5.41, 5.74) is 7.50. The van der Waals surface area contributed by atoms with E-state index in [1.807, 2.05) is 0 Å². The molecule has 0 saturated carbocycles. The predicted octanol–water partition coefficient (Wildman–Crippen LogP) is 1.26. The Bertz CT molecular complexity index is 628. The number of nitrogens with two attached hydrogens (primary N) is 1. The van der Waals surface area contributed by atoms with Crippen LogP contribution in [-0.2, 0) is 9.84 Å². The van der Waals surface area contributed by atoms with Crippen molar-refractivity contribution in [2.24, 2.45) is 0 Å². The van der Waals surface area contributed by atoms with Crippen molar-refractivity contribution in [3.8, 4) is 0 Å². The van der Waals surface area contributed by atoms with Crippen molar-refractivity contribution in [2.45, 2.75) is 19.4 Å². The van der Waals surface area contributed by atoms with Gasteiger partial charge in [0.1, 0.15) is 0 Å². The molecule has 0 spiro atoms. The average Bonchev–Trinajstić information content (AvgIpc) is 2.63. The van der Waals surface area contributed by atoms with E-state index in [0.717, 1.165) is 4.47 Å². The molecule has 1 saturated heterocycles. The van der Waals surface area contributed by atoms with Crippen LogP contribution in [0.4, 0.5) is 5.69 Å². The Morgan fingerprint density at radius 3 is 2.74 bits per heavy atom. The highest BCUT2D eigenvalue weighted by Gasteiger charge is 2.29. The zero-order chi connectivity index (χ0) is 14.2. The van der Waals surface area contributed by atoms with Gasteiger partial charge in [-0.1, -0.05) is 15.9 Å². The van der Waals surface area contributed by atoms with Crippen LogP contribution in [0, 0.1) is 6.92 Å². The van der Waals surface area contributed by atoms with Crippen molar-refractivity contribution >= 4 is 37.4 Å². The van der Waals surface area contributed by atoms with E-state index in [1.165, 1.54) is 0 Å². The number of halogens is 1. The molecular weight excluding hydrogens is 332 g/mol. The van der Waals surface area contributed by atoms with Gasteiger partial charge >= 0.3 is 0 Å². The van der Waals surface area contributed by atoms with Crippen LogP contribution in [0.5, 0.6) is 0 Å². The zero-order valence-corrected chi connectivity index (χ0v) is 12.8. The summed E-state index contributed by atoms with van der Waals surface area (Å²) >= 11 is 3.29. The smallest absolute Gasteiger partial charge is 0.251 e. The number of anilines is 1. The number of nitrogen functional groups attached to an aromatic ring is 1. The topological polar surface area (TPSA) is 89.3 Å². The number of hydrogen-bond acceptors (Lipinski definition) is 4. The minimum absolute atomic E-state index is 0.0152. The van der Waals surface area contributed by atoms with Crippen LogP contribution < -0.4 is 11.1 Å². The van der Waals surface area contributed by atoms with E-state index in [2.05, 4.69) is 21.2 Å². The molecule has 1 heterocycles. The van der Waals surface area contributed by atoms with E-state index >= 15 is 0 Å². The van der Waals surface area contributed by atoms with Crippen LogP contribution in [0.15, 0.2) is 16.6 Å². The Kier molecular flexibility index (Phi) is 3.87. The third kappa shape index (κ3) is 3.27. The van der Waals surface area contributed by atoms with Crippen molar-refractivity contribution < 1.29 is 13.2 Å². The van der Waals surface area contributed by atoms with E-state index < -0.39 is 9.84 Å². The summed E-state index contributed by atoms with van der Waals surface area (Å²) < 4.78 is 23.4. The summed E-state index contributed by atoms with van der Waals surface area (Å²) in [4.78, 5) is 12.2. The molecule has 3 N–H and O–H groups in total. The molecule has 1 aliphatic rings. The molecule has 1 atom stereocenters. The Hall–Kier alpha value is -1.08. The molecule has 0 aromatic heterocycles. The molecule has 1 amide bonds. The van der Waals surface area contributed by atoms with Crippen LogP contribution in [0.3, 0.4) is 0 Å². The fraction of sp³-hybridized carbons (Fsp3) is 0.417. The molecule has 2 rings (SSSR count). The quantitative estimate of drug-likeness (QED) is 0.788. The number of rotatable bonds is 2. The SMILES string of the molecule is Cc1c(N)cc(Br)cc1C(=O)NC1CCS(=O)(=O)C1. The minimum atomic E-state index is -3.00. The zero-order valence-electron chi connectivity index (χ0n) is 10.4. The Morgan fingerprint density at radius 2 is 2.16 bits per heavy atom. The maximum absolute atomic E-state index is 12.2. The number of sulfone groups is 1. The summed E-state index contributed by atoms with van der Waals surface area (Å²) in [6, 6.07) is 3.11. The molecule has 1 aliphatic heterocycles. The molecule has 1 fully saturated rings. The highest BCUT2D eigenvalue weighted by molar-refractivity contribution is 9.10. The van der Waals surface area contributed by atoms with E-state index in [9.17, 15) is 13.2 Å². The average molecular weight is 347 g/mol. The standard InChI is InChI=1S/C12H15BrN2O3S/c1-7-10(4-8(13)5-11(7)14)12(16)15-9-2-3-19(17,18)6-9/h4-5,9H,2-3,6,14H2,1H3,(H,15,16). The van der Waals surface area contributed by atoms with Gasteiger partial charge in [-0.15, -0.1) is 0 Å². The third-order valence-corrected chi connectivity index (χ3v) is 5.45. The van der Waals surface area contributed by atoms with Gasteiger partial charge in [0.25, 0.3) is 5.91 Å². The minimum Gasteiger partial charge on any atom is -0.398 e. The van der Waals surface area contributed by atoms with E-state index in [1.54, 1.807) is 19.1 Å². The molecular formula is C12H15BrN2O3S. The van der Waals surface area contributed by atoms with Crippen molar-refractivity contribution in [1.29, 1.82) is 0 Å². The van der Waals surface area contributed by atoms with Crippen LogP contribution >= 0.6 is 15.9 Å². The van der Waals surface area contributed by atoms with Gasteiger partial charge in [0.15, 0.2) is 9.84 Å². The second-order valence-corrected chi connectivity index (χ2v) is 7.89. The monoisotopic (exact) mass is 346 g/mol. The van der Waals surface area contributed by atoms with Gasteiger partial charge < -0.3 is 11.1 Å². The van der Waals surface area contributed by atoms with Gasteiger partial charge in [-0.3, -0.25) is 4.79 Å². The molecule has 1 aromatic carbocycles. The van der Waals surface area contributed by atoms with Crippen LogP contribution in [0.2, 0.25) is 0 Å². The van der Waals surface area contributed by atoms with Gasteiger partial charge in [-0.25, -0.2) is 8.42 Å². The van der Waals surface area contributed by atoms with Crippen LogP contribution in [0.1, 0.15) is 22.3 Å². The lowest BCUT2D eigenvalue weighted by Gasteiger charge is -2.13. The first kappa shape index (κ1) is 14.3. The molecule has 1 unspecified atom stereocenters. The first-order valence-corrected chi connectivity index (χ1v) is 8.47. The highest BCUT2D eigenvalue weighted by Crippen LogP contribution is 2.23. The van der Waals surface area contributed by atoms with Crippen LogP contribution in [-0.4, -0.2) is 31.9 Å². The Morgan fingerprint density at radius 1 is 1.47 bits per heavy atom. The lowest BCUT2D eigenvalue weighted by molar-refractivity contribution is 0.0940. The molecule has 0 radical (unpaired) electrons. The lowest BCUT2D eigenvalue weighted by Crippen LogP contribution is -2.36. The van der Waals surface area contributed by atoms with Gasteiger partial charge in [0, 0.05) is 21.8 Å². The lowest BCUT2D eigenvalue weighted by atomic mass is 10.1. The molecule has 1 aromatic rings. The second kappa shape index (κ2) is 5.13. The second-order valence-electron chi connectivity index (χ2n) is 4.74. The molecule has 0 bridgehead atoms. The van der Waals surface area contributed by atoms with Gasteiger partial charge in [-0.2, -0.15) is 0 Å². The number of hydrogen-bond donors (Lipinski definition) is 2. The Labute approximate surface area is 120 Å². The number of amides is 1. The van der Waals surface area contributed by atoms with E-state index in [4.69, 9.17) is 5.73 Å². The number of benzene rings is 1. The highest BCUT2D eigenvalue weighted by atomic mass is 79.9. The maximum atomic E-state index is 12.2. The largest absolute Gasteiger partial charge is 0.398 e. The normalized spacial score (nSPS) is 21.3. The third-order valence-electron chi connectivity index (χ3n) is 3.22.